The Morgan fingerprint density at radius 2 is 1.77 bits per heavy atom. The highest BCUT2D eigenvalue weighted by Crippen LogP contribution is 2.48. The maximum absolute atomic E-state index is 11.3. The monoisotopic (exact) mass is 399 g/mol. The van der Waals surface area contributed by atoms with E-state index < -0.39 is 0 Å². The molecule has 4 rings (SSSR count). The van der Waals surface area contributed by atoms with Crippen LogP contribution in [0.1, 0.15) is 0 Å². The van der Waals surface area contributed by atoms with Gasteiger partial charge in [-0.25, -0.2) is 9.97 Å². The minimum atomic E-state index is -0.370. The van der Waals surface area contributed by atoms with Crippen molar-refractivity contribution in [1.29, 1.82) is 0 Å². The van der Waals surface area contributed by atoms with E-state index in [9.17, 15) is 10.1 Å². The third kappa shape index (κ3) is 3.05. The van der Waals surface area contributed by atoms with Gasteiger partial charge in [0.2, 0.25) is 0 Å². The lowest BCUT2D eigenvalue weighted by atomic mass is 10.1. The molecule has 8 heteroatoms. The van der Waals surface area contributed by atoms with Crippen molar-refractivity contribution in [2.45, 2.75) is 9.10 Å². The Kier molecular flexibility index (Phi) is 4.58. The lowest BCUT2D eigenvalue weighted by molar-refractivity contribution is -0.387. The Hall–Kier alpha value is -2.48. The first-order chi connectivity index (χ1) is 12.6. The predicted octanol–water partition coefficient (Wildman–Crippen LogP) is 6.07. The summed E-state index contributed by atoms with van der Waals surface area (Å²) in [5.41, 5.74) is 1.95. The summed E-state index contributed by atoms with van der Waals surface area (Å²) in [6.45, 7) is 0. The number of nitro groups is 1. The van der Waals surface area contributed by atoms with Gasteiger partial charge in [0, 0.05) is 11.6 Å². The van der Waals surface area contributed by atoms with Crippen LogP contribution in [0.5, 0.6) is 0 Å². The van der Waals surface area contributed by atoms with Crippen molar-refractivity contribution in [2.24, 2.45) is 0 Å². The molecular formula is C18H10ClN3O2S2. The zero-order valence-electron chi connectivity index (χ0n) is 13.1. The van der Waals surface area contributed by atoms with E-state index in [4.69, 9.17) is 11.6 Å². The van der Waals surface area contributed by atoms with Gasteiger partial charge in [-0.1, -0.05) is 65.8 Å². The first-order valence-corrected chi connectivity index (χ1v) is 9.56. The second-order valence-corrected chi connectivity index (χ2v) is 7.97. The molecule has 0 aliphatic carbocycles. The zero-order valence-corrected chi connectivity index (χ0v) is 15.5. The van der Waals surface area contributed by atoms with Gasteiger partial charge in [0.05, 0.1) is 19.4 Å². The van der Waals surface area contributed by atoms with Gasteiger partial charge in [0.1, 0.15) is 16.3 Å². The van der Waals surface area contributed by atoms with Crippen LogP contribution in [0, 0.1) is 10.1 Å². The number of hydrogen-bond acceptors (Lipinski definition) is 6. The molecule has 5 nitrogen and oxygen atoms in total. The van der Waals surface area contributed by atoms with Gasteiger partial charge >= 0.3 is 0 Å². The maximum Gasteiger partial charge on any atom is 0.283 e. The molecule has 2 heterocycles. The molecule has 0 fully saturated rings. The Morgan fingerprint density at radius 3 is 2.54 bits per heavy atom. The highest BCUT2D eigenvalue weighted by atomic mass is 35.5. The number of hydrogen-bond donors (Lipinski definition) is 0. The highest BCUT2D eigenvalue weighted by molar-refractivity contribution is 8.01. The lowest BCUT2D eigenvalue weighted by Crippen LogP contribution is -1.90. The van der Waals surface area contributed by atoms with E-state index in [1.54, 1.807) is 18.2 Å². The highest BCUT2D eigenvalue weighted by Gasteiger charge is 2.22. The summed E-state index contributed by atoms with van der Waals surface area (Å²) in [5.74, 6) is 0. The van der Waals surface area contributed by atoms with Crippen molar-refractivity contribution in [1.82, 2.24) is 9.97 Å². The lowest BCUT2D eigenvalue weighted by Gasteiger charge is -2.06. The predicted molar refractivity (Wildman–Crippen MR) is 105 cm³/mol. The molecule has 0 bridgehead atoms. The van der Waals surface area contributed by atoms with Gasteiger partial charge in [-0.3, -0.25) is 10.1 Å². The molecule has 2 aromatic carbocycles. The van der Waals surface area contributed by atoms with E-state index in [0.717, 1.165) is 25.6 Å². The quantitative estimate of drug-likeness (QED) is 0.236. The molecule has 2 aromatic heterocycles. The van der Waals surface area contributed by atoms with Crippen LogP contribution in [0.3, 0.4) is 0 Å². The molecular weight excluding hydrogens is 390 g/mol. The van der Waals surface area contributed by atoms with E-state index in [1.165, 1.54) is 35.5 Å². The molecule has 0 amide bonds. The number of fused-ring (bicyclic) bond motifs is 1. The van der Waals surface area contributed by atoms with E-state index in [2.05, 4.69) is 9.97 Å². The van der Waals surface area contributed by atoms with Crippen LogP contribution >= 0.6 is 34.7 Å². The molecule has 0 aliphatic rings. The van der Waals surface area contributed by atoms with Crippen LogP contribution in [-0.2, 0) is 0 Å². The molecule has 0 unspecified atom stereocenters. The number of thiophene rings is 1. The Balaban J connectivity index is 1.94. The van der Waals surface area contributed by atoms with Crippen molar-refractivity contribution >= 4 is 50.6 Å². The van der Waals surface area contributed by atoms with Crippen LogP contribution in [0.25, 0.3) is 21.3 Å². The smallest absolute Gasteiger partial charge is 0.258 e. The second-order valence-electron chi connectivity index (χ2n) is 5.30. The number of benzene rings is 2. The van der Waals surface area contributed by atoms with Gasteiger partial charge in [0.15, 0.2) is 0 Å². The molecule has 0 N–H and O–H groups in total. The average molecular weight is 400 g/mol. The van der Waals surface area contributed by atoms with E-state index in [0.29, 0.717) is 10.0 Å². The third-order valence-electron chi connectivity index (χ3n) is 3.74. The van der Waals surface area contributed by atoms with E-state index in [-0.39, 0.29) is 10.6 Å². The Bertz CT molecular complexity index is 1120. The van der Waals surface area contributed by atoms with Crippen LogP contribution < -0.4 is 0 Å². The summed E-state index contributed by atoms with van der Waals surface area (Å²) in [5, 5.41) is 12.5. The fourth-order valence-electron chi connectivity index (χ4n) is 2.61. The van der Waals surface area contributed by atoms with Gasteiger partial charge in [-0.15, -0.1) is 11.3 Å². The van der Waals surface area contributed by atoms with Crippen molar-refractivity contribution < 1.29 is 4.92 Å². The van der Waals surface area contributed by atoms with Crippen molar-refractivity contribution in [2.75, 3.05) is 0 Å². The summed E-state index contributed by atoms with van der Waals surface area (Å²) >= 11 is 9.15. The largest absolute Gasteiger partial charge is 0.283 e. The molecule has 0 aliphatic heterocycles. The van der Waals surface area contributed by atoms with E-state index >= 15 is 0 Å². The standard InChI is InChI=1S/C18H10ClN3O2S2/c19-16-15-14(11-6-2-1-3-7-11)18(26-17(15)21-10-20-16)25-13-9-5-4-8-12(13)22(23)24/h1-10H. The van der Waals surface area contributed by atoms with Crippen LogP contribution in [0.15, 0.2) is 70.0 Å². The fourth-order valence-corrected chi connectivity index (χ4v) is 5.38. The molecule has 0 saturated heterocycles. The summed E-state index contributed by atoms with van der Waals surface area (Å²) < 4.78 is 0.892. The van der Waals surface area contributed by atoms with Crippen LogP contribution in [0.2, 0.25) is 5.15 Å². The van der Waals surface area contributed by atoms with Crippen LogP contribution in [-0.4, -0.2) is 14.9 Å². The third-order valence-corrected chi connectivity index (χ3v) is 6.37. The van der Waals surface area contributed by atoms with Gasteiger partial charge in [0.25, 0.3) is 5.69 Å². The molecule has 4 aromatic rings. The number of nitrogens with zero attached hydrogens (tertiary/aromatic N) is 3. The van der Waals surface area contributed by atoms with Crippen molar-refractivity contribution in [3.63, 3.8) is 0 Å². The molecule has 0 atom stereocenters. The summed E-state index contributed by atoms with van der Waals surface area (Å²) in [6.07, 6.45) is 1.43. The summed E-state index contributed by atoms with van der Waals surface area (Å²) in [7, 11) is 0. The van der Waals surface area contributed by atoms with E-state index in [1.807, 2.05) is 30.3 Å². The first kappa shape index (κ1) is 17.0. The minimum absolute atomic E-state index is 0.0751. The topological polar surface area (TPSA) is 68.9 Å². The Labute approximate surface area is 161 Å². The molecule has 0 radical (unpaired) electrons. The van der Waals surface area contributed by atoms with Crippen LogP contribution in [0.4, 0.5) is 5.69 Å². The average Bonchev–Trinajstić information content (AvgIpc) is 3.02. The number of aromatic nitrogens is 2. The van der Waals surface area contributed by atoms with Crippen molar-refractivity contribution in [3.8, 4) is 11.1 Å². The van der Waals surface area contributed by atoms with Gasteiger partial charge in [-0.05, 0) is 11.6 Å². The number of rotatable bonds is 4. The van der Waals surface area contributed by atoms with Gasteiger partial charge < -0.3 is 0 Å². The SMILES string of the molecule is O=[N+]([O-])c1ccccc1Sc1sc2ncnc(Cl)c2c1-c1ccccc1. The number of nitro benzene ring substituents is 1. The second kappa shape index (κ2) is 7.03. The zero-order chi connectivity index (χ0) is 18.1. The van der Waals surface area contributed by atoms with Crippen molar-refractivity contribution in [3.05, 3.63) is 76.2 Å². The molecule has 128 valence electrons. The molecule has 26 heavy (non-hydrogen) atoms. The number of halogens is 1. The minimum Gasteiger partial charge on any atom is -0.258 e. The summed E-state index contributed by atoms with van der Waals surface area (Å²) in [4.78, 5) is 20.7. The fraction of sp³-hybridized carbons (Fsp3) is 0. The first-order valence-electron chi connectivity index (χ1n) is 7.55. The maximum atomic E-state index is 11.3. The number of para-hydroxylation sites is 1. The molecule has 0 saturated carbocycles. The Morgan fingerprint density at radius 1 is 1.04 bits per heavy atom. The summed E-state index contributed by atoms with van der Waals surface area (Å²) in [6, 6.07) is 16.5. The molecule has 0 spiro atoms. The normalized spacial score (nSPS) is 11.0. The van der Waals surface area contributed by atoms with Gasteiger partial charge in [-0.2, -0.15) is 0 Å².